The number of morpholine rings is 1. The largest absolute Gasteiger partial charge is 0.453 e. The molecule has 3 amide bonds. The van der Waals surface area contributed by atoms with Crippen LogP contribution in [-0.4, -0.2) is 74.4 Å². The summed E-state index contributed by atoms with van der Waals surface area (Å²) in [6.07, 6.45) is -6.72. The van der Waals surface area contributed by atoms with Gasteiger partial charge in [0.25, 0.3) is 0 Å². The van der Waals surface area contributed by atoms with Gasteiger partial charge in [0, 0.05) is 36.2 Å². The maximum Gasteiger partial charge on any atom is 0.407 e. The number of alkyl carbamates (subject to hydrolysis) is 2. The lowest BCUT2D eigenvalue weighted by molar-refractivity contribution is -0.124. The number of nitrogens with one attached hydrogen (secondary N) is 4. The van der Waals surface area contributed by atoms with E-state index in [1.54, 1.807) is 12.2 Å². The van der Waals surface area contributed by atoms with Gasteiger partial charge in [0.2, 0.25) is 5.91 Å². The van der Waals surface area contributed by atoms with Crippen molar-refractivity contribution in [2.75, 3.05) is 32.1 Å². The molecular formula is C37H37F7N4O6. The monoisotopic (exact) mass is 766 g/mol. The molecule has 1 spiro atoms. The van der Waals surface area contributed by atoms with Gasteiger partial charge in [0.05, 0.1) is 30.3 Å². The molecule has 3 fully saturated rings. The first kappa shape index (κ1) is 38.8. The van der Waals surface area contributed by atoms with Gasteiger partial charge in [0.15, 0.2) is 11.6 Å². The van der Waals surface area contributed by atoms with Crippen molar-refractivity contribution < 1.29 is 59.3 Å². The Hall–Kier alpha value is -4.90. The molecule has 290 valence electrons. The third-order valence-electron chi connectivity index (χ3n) is 10.4. The van der Waals surface area contributed by atoms with E-state index in [-0.39, 0.29) is 49.2 Å². The van der Waals surface area contributed by atoms with Crippen LogP contribution in [0.5, 0.6) is 0 Å². The Labute approximate surface area is 305 Å². The molecule has 3 aromatic rings. The van der Waals surface area contributed by atoms with Gasteiger partial charge in [-0.05, 0) is 73.7 Å². The average Bonchev–Trinajstić information content (AvgIpc) is 4.02. The number of carbonyl (C=O) groups is 3. The molecule has 1 saturated heterocycles. The molecule has 1 heterocycles. The van der Waals surface area contributed by atoms with E-state index in [4.69, 9.17) is 14.2 Å². The SMILES string of the molecule is COC(=O)NC1CC1(C(=O)Nc1cccc(F)c1CCC1(C)CNC2(CO1)C[C@@H]2OC(=O)NCC(F)(F)F)[C@H](c1ccc(F)cc1)c1ccc(F)c(F)c1. The molecule has 6 atom stereocenters. The van der Waals surface area contributed by atoms with Crippen LogP contribution in [0, 0.1) is 28.7 Å². The van der Waals surface area contributed by atoms with Gasteiger partial charge in [-0.3, -0.25) is 4.79 Å². The summed E-state index contributed by atoms with van der Waals surface area (Å²) in [7, 11) is 1.13. The average molecular weight is 767 g/mol. The van der Waals surface area contributed by atoms with Crippen LogP contribution < -0.4 is 21.3 Å². The Bertz CT molecular complexity index is 1900. The van der Waals surface area contributed by atoms with Crippen molar-refractivity contribution in [3.63, 3.8) is 0 Å². The zero-order valence-electron chi connectivity index (χ0n) is 29.1. The Morgan fingerprint density at radius 3 is 2.31 bits per heavy atom. The number of alkyl halides is 3. The van der Waals surface area contributed by atoms with Gasteiger partial charge in [0.1, 0.15) is 24.3 Å². The van der Waals surface area contributed by atoms with E-state index >= 15 is 4.39 Å². The van der Waals surface area contributed by atoms with Gasteiger partial charge < -0.3 is 35.5 Å². The van der Waals surface area contributed by atoms with Crippen LogP contribution in [0.2, 0.25) is 0 Å². The number of ether oxygens (including phenoxy) is 3. The second-order valence-electron chi connectivity index (χ2n) is 14.1. The van der Waals surface area contributed by atoms with Crippen LogP contribution in [0.3, 0.4) is 0 Å². The highest BCUT2D eigenvalue weighted by Gasteiger charge is 2.66. The molecular weight excluding hydrogens is 729 g/mol. The number of amides is 3. The zero-order valence-corrected chi connectivity index (χ0v) is 29.1. The van der Waals surface area contributed by atoms with Crippen molar-refractivity contribution in [2.45, 2.75) is 68.0 Å². The van der Waals surface area contributed by atoms with Gasteiger partial charge >= 0.3 is 18.4 Å². The first-order valence-corrected chi connectivity index (χ1v) is 17.0. The smallest absolute Gasteiger partial charge is 0.407 e. The highest BCUT2D eigenvalue weighted by molar-refractivity contribution is 6.00. The van der Waals surface area contributed by atoms with E-state index in [2.05, 4.69) is 16.0 Å². The summed E-state index contributed by atoms with van der Waals surface area (Å²) in [5.74, 6) is -5.25. The summed E-state index contributed by atoms with van der Waals surface area (Å²) in [5, 5.41) is 10.3. The fraction of sp³-hybridized carbons (Fsp3) is 0.432. The minimum absolute atomic E-state index is 0.00759. The van der Waals surface area contributed by atoms with Crippen LogP contribution in [0.4, 0.5) is 46.0 Å². The first-order valence-electron chi connectivity index (χ1n) is 17.0. The number of benzene rings is 3. The van der Waals surface area contributed by atoms with Gasteiger partial charge in [-0.25, -0.2) is 27.2 Å². The summed E-state index contributed by atoms with van der Waals surface area (Å²) < 4.78 is 112. The van der Waals surface area contributed by atoms with Gasteiger partial charge in [-0.2, -0.15) is 13.2 Å². The van der Waals surface area contributed by atoms with Crippen LogP contribution in [-0.2, 0) is 25.4 Å². The van der Waals surface area contributed by atoms with E-state index in [9.17, 15) is 40.7 Å². The quantitative estimate of drug-likeness (QED) is 0.170. The number of halogens is 7. The molecule has 3 aromatic carbocycles. The van der Waals surface area contributed by atoms with Crippen molar-refractivity contribution in [1.29, 1.82) is 0 Å². The van der Waals surface area contributed by atoms with Crippen LogP contribution in [0.25, 0.3) is 0 Å². The molecule has 0 radical (unpaired) electrons. The summed E-state index contributed by atoms with van der Waals surface area (Å²) in [6.45, 7) is 0.539. The second-order valence-corrected chi connectivity index (χ2v) is 14.1. The fourth-order valence-electron chi connectivity index (χ4n) is 7.09. The molecule has 3 aliphatic rings. The van der Waals surface area contributed by atoms with Crippen molar-refractivity contribution in [3.05, 3.63) is 101 Å². The topological polar surface area (TPSA) is 127 Å². The van der Waals surface area contributed by atoms with Crippen LogP contribution in [0.15, 0.2) is 60.7 Å². The molecule has 10 nitrogen and oxygen atoms in total. The summed E-state index contributed by atoms with van der Waals surface area (Å²) in [5.41, 5.74) is -2.42. The minimum atomic E-state index is -4.59. The Balaban J connectivity index is 1.19. The number of anilines is 1. The molecule has 1 aliphatic heterocycles. The number of hydrogen-bond acceptors (Lipinski definition) is 7. The number of methoxy groups -OCH3 is 1. The van der Waals surface area contributed by atoms with E-state index in [0.717, 1.165) is 31.4 Å². The van der Waals surface area contributed by atoms with E-state index < -0.39 is 88.7 Å². The standard InChI is InChI=1S/C37H37F7N4O6/c1-34(17-46-35(19-53-34)16-29(35)54-32(50)45-18-37(42,43)44)13-12-23-24(39)4-3-5-27(23)47-31(49)36(15-28(36)48-33(51)52-2)30(20-6-9-22(38)10-7-20)21-8-11-25(40)26(41)14-21/h3-11,14,28-30,46H,12-13,15-19H2,1-2H3,(H,45,50)(H,47,49)(H,48,51)/t28?,29-,30+,34?,35?,36?/m0/s1. The Morgan fingerprint density at radius 1 is 0.944 bits per heavy atom. The summed E-state index contributed by atoms with van der Waals surface area (Å²) in [6, 6.07) is 11.5. The lowest BCUT2D eigenvalue weighted by Crippen LogP contribution is -2.56. The van der Waals surface area contributed by atoms with Gasteiger partial charge in [-0.1, -0.05) is 24.3 Å². The third-order valence-corrected chi connectivity index (χ3v) is 10.4. The molecule has 54 heavy (non-hydrogen) atoms. The third kappa shape index (κ3) is 8.26. The highest BCUT2D eigenvalue weighted by Crippen LogP contribution is 2.59. The van der Waals surface area contributed by atoms with E-state index in [0.29, 0.717) is 12.0 Å². The molecule has 4 N–H and O–H groups in total. The first-order chi connectivity index (χ1) is 25.5. The predicted molar refractivity (Wildman–Crippen MR) is 178 cm³/mol. The Kier molecular flexibility index (Phi) is 10.6. The number of rotatable bonds is 11. The second kappa shape index (κ2) is 14.7. The van der Waals surface area contributed by atoms with Crippen LogP contribution >= 0.6 is 0 Å². The lowest BCUT2D eigenvalue weighted by Gasteiger charge is -2.39. The minimum Gasteiger partial charge on any atom is -0.453 e. The predicted octanol–water partition coefficient (Wildman–Crippen LogP) is 6.24. The fourth-order valence-corrected chi connectivity index (χ4v) is 7.09. The molecule has 17 heteroatoms. The molecule has 0 bridgehead atoms. The lowest BCUT2D eigenvalue weighted by atomic mass is 9.76. The van der Waals surface area contributed by atoms with Crippen molar-refractivity contribution in [2.24, 2.45) is 5.41 Å². The zero-order chi connectivity index (χ0) is 39.1. The van der Waals surface area contributed by atoms with Crippen molar-refractivity contribution in [1.82, 2.24) is 16.0 Å². The van der Waals surface area contributed by atoms with Gasteiger partial charge in [-0.15, -0.1) is 0 Å². The highest BCUT2D eigenvalue weighted by atomic mass is 19.4. The normalized spacial score (nSPS) is 26.4. The molecule has 0 aromatic heterocycles. The van der Waals surface area contributed by atoms with Crippen LogP contribution in [0.1, 0.15) is 48.8 Å². The van der Waals surface area contributed by atoms with E-state index in [1.165, 1.54) is 36.4 Å². The number of carbonyl (C=O) groups excluding carboxylic acids is 3. The molecule has 2 saturated carbocycles. The summed E-state index contributed by atoms with van der Waals surface area (Å²) in [4.78, 5) is 38.7. The molecule has 6 rings (SSSR count). The van der Waals surface area contributed by atoms with E-state index in [1.807, 2.05) is 0 Å². The Morgan fingerprint density at radius 2 is 1.67 bits per heavy atom. The molecule has 2 aliphatic carbocycles. The summed E-state index contributed by atoms with van der Waals surface area (Å²) >= 11 is 0. The van der Waals surface area contributed by atoms with Crippen molar-refractivity contribution >= 4 is 23.8 Å². The molecule has 4 unspecified atom stereocenters. The number of hydrogen-bond donors (Lipinski definition) is 4. The maximum atomic E-state index is 15.5. The maximum absolute atomic E-state index is 15.5. The van der Waals surface area contributed by atoms with Crippen molar-refractivity contribution in [3.8, 4) is 0 Å².